The smallest absolute Gasteiger partial charge is 0.166 e. The van der Waals surface area contributed by atoms with Crippen LogP contribution in [0.15, 0.2) is 42.7 Å². The minimum Gasteiger partial charge on any atom is -0.490 e. The number of halogens is 1. The number of ether oxygens (including phenoxy) is 1. The Hall–Kier alpha value is -2.89. The average molecular weight is 393 g/mol. The van der Waals surface area contributed by atoms with E-state index in [9.17, 15) is 9.18 Å². The fourth-order valence-corrected chi connectivity index (χ4v) is 4.54. The van der Waals surface area contributed by atoms with Gasteiger partial charge in [0.15, 0.2) is 5.78 Å². The van der Waals surface area contributed by atoms with Gasteiger partial charge in [0.25, 0.3) is 0 Å². The highest BCUT2D eigenvalue weighted by Gasteiger charge is 2.51. The lowest BCUT2D eigenvalue weighted by Crippen LogP contribution is -2.36. The molecule has 1 spiro atoms. The van der Waals surface area contributed by atoms with Crippen LogP contribution in [-0.2, 0) is 5.54 Å². The predicted octanol–water partition coefficient (Wildman–Crippen LogP) is 4.73. The van der Waals surface area contributed by atoms with Gasteiger partial charge in [0, 0.05) is 30.9 Å². The van der Waals surface area contributed by atoms with Gasteiger partial charge in [-0.2, -0.15) is 0 Å². The highest BCUT2D eigenvalue weighted by atomic mass is 19.1. The number of hydrogen-bond donors (Lipinski definition) is 0. The summed E-state index contributed by atoms with van der Waals surface area (Å²) in [6.45, 7) is 4.76. The first-order valence-electron chi connectivity index (χ1n) is 10.3. The molecule has 1 aromatic carbocycles. The van der Waals surface area contributed by atoms with Gasteiger partial charge in [0.05, 0.1) is 17.2 Å². The molecular weight excluding hydrogens is 369 g/mol. The number of carbonyl (C=O) groups is 1. The molecule has 5 nitrogen and oxygen atoms in total. The van der Waals surface area contributed by atoms with E-state index in [0.717, 1.165) is 30.8 Å². The summed E-state index contributed by atoms with van der Waals surface area (Å²) in [4.78, 5) is 19.9. The molecule has 29 heavy (non-hydrogen) atoms. The van der Waals surface area contributed by atoms with E-state index >= 15 is 0 Å². The number of ketones is 1. The van der Waals surface area contributed by atoms with Crippen LogP contribution in [-0.4, -0.2) is 27.8 Å². The zero-order valence-electron chi connectivity index (χ0n) is 16.7. The zero-order chi connectivity index (χ0) is 20.2. The monoisotopic (exact) mass is 393 g/mol. The number of hydrogen-bond acceptors (Lipinski definition) is 4. The van der Waals surface area contributed by atoms with E-state index in [-0.39, 0.29) is 23.2 Å². The van der Waals surface area contributed by atoms with Crippen LogP contribution in [0.1, 0.15) is 55.5 Å². The van der Waals surface area contributed by atoms with Crippen molar-refractivity contribution in [1.82, 2.24) is 9.38 Å². The maximum Gasteiger partial charge on any atom is 0.166 e. The molecule has 2 aliphatic rings. The van der Waals surface area contributed by atoms with Crippen molar-refractivity contribution >= 4 is 17.2 Å². The van der Waals surface area contributed by atoms with Crippen molar-refractivity contribution in [3.63, 3.8) is 0 Å². The Morgan fingerprint density at radius 1 is 1.24 bits per heavy atom. The van der Waals surface area contributed by atoms with Gasteiger partial charge >= 0.3 is 0 Å². The van der Waals surface area contributed by atoms with Crippen LogP contribution in [0.3, 0.4) is 0 Å². The molecule has 1 saturated carbocycles. The van der Waals surface area contributed by atoms with Gasteiger partial charge in [0.1, 0.15) is 23.0 Å². The van der Waals surface area contributed by atoms with E-state index in [2.05, 4.69) is 11.8 Å². The number of fused-ring (bicyclic) bond motifs is 3. The third-order valence-electron chi connectivity index (χ3n) is 6.17. The summed E-state index contributed by atoms with van der Waals surface area (Å²) in [5.41, 5.74) is 1.85. The Morgan fingerprint density at radius 3 is 2.79 bits per heavy atom. The molecule has 0 unspecified atom stereocenters. The lowest BCUT2D eigenvalue weighted by atomic mass is 10.0. The minimum absolute atomic E-state index is 0.0651. The van der Waals surface area contributed by atoms with E-state index in [1.165, 1.54) is 6.07 Å². The number of benzene rings is 1. The van der Waals surface area contributed by atoms with Crippen LogP contribution >= 0.6 is 0 Å². The molecule has 2 aromatic heterocycles. The molecule has 1 aliphatic carbocycles. The molecule has 1 fully saturated rings. The van der Waals surface area contributed by atoms with Crippen molar-refractivity contribution in [3.8, 4) is 5.75 Å². The van der Waals surface area contributed by atoms with Gasteiger partial charge in [-0.15, -0.1) is 0 Å². The molecule has 2 bridgehead atoms. The zero-order valence-corrected chi connectivity index (χ0v) is 16.7. The van der Waals surface area contributed by atoms with Crippen molar-refractivity contribution < 1.29 is 13.9 Å². The third kappa shape index (κ3) is 2.89. The van der Waals surface area contributed by atoms with Gasteiger partial charge in [-0.05, 0) is 63.4 Å². The van der Waals surface area contributed by atoms with Crippen molar-refractivity contribution in [3.05, 3.63) is 59.7 Å². The van der Waals surface area contributed by atoms with Crippen LogP contribution in [0, 0.1) is 5.82 Å². The van der Waals surface area contributed by atoms with E-state index in [4.69, 9.17) is 9.72 Å². The SMILES string of the molecule is CCN1c2ccn3ccc(c3n2)C(=O)CC[C@H](C)Oc2ccc(F)cc2C12CC2. The summed E-state index contributed by atoms with van der Waals surface area (Å²) in [6.07, 6.45) is 6.47. The highest BCUT2D eigenvalue weighted by Crippen LogP contribution is 2.55. The maximum atomic E-state index is 14.2. The third-order valence-corrected chi connectivity index (χ3v) is 6.17. The number of anilines is 1. The second-order valence-corrected chi connectivity index (χ2v) is 8.05. The van der Waals surface area contributed by atoms with Gasteiger partial charge < -0.3 is 14.0 Å². The fourth-order valence-electron chi connectivity index (χ4n) is 4.54. The Bertz CT molecular complexity index is 1100. The predicted molar refractivity (Wildman–Crippen MR) is 109 cm³/mol. The largest absolute Gasteiger partial charge is 0.490 e. The number of carbonyl (C=O) groups excluding carboxylic acids is 1. The molecule has 1 atom stereocenters. The van der Waals surface area contributed by atoms with E-state index in [1.807, 2.05) is 35.9 Å². The summed E-state index contributed by atoms with van der Waals surface area (Å²) >= 11 is 0. The van der Waals surface area contributed by atoms with E-state index < -0.39 is 0 Å². The first-order valence-corrected chi connectivity index (χ1v) is 10.3. The molecule has 3 aromatic rings. The Labute approximate surface area is 169 Å². The number of aromatic nitrogens is 2. The number of nitrogens with zero attached hydrogens (tertiary/aromatic N) is 3. The van der Waals surface area contributed by atoms with Crippen molar-refractivity contribution in [1.29, 1.82) is 0 Å². The van der Waals surface area contributed by atoms with Crippen LogP contribution in [0.25, 0.3) is 5.65 Å². The van der Waals surface area contributed by atoms with Crippen molar-refractivity contribution in [2.75, 3.05) is 11.4 Å². The topological polar surface area (TPSA) is 46.8 Å². The average Bonchev–Trinajstić information content (AvgIpc) is 3.39. The molecular formula is C23H24FN3O2. The van der Waals surface area contributed by atoms with Crippen molar-refractivity contribution in [2.45, 2.75) is 51.2 Å². The van der Waals surface area contributed by atoms with Crippen LogP contribution in [0.5, 0.6) is 5.75 Å². The van der Waals surface area contributed by atoms with Crippen LogP contribution in [0.4, 0.5) is 10.2 Å². The minimum atomic E-state index is -0.331. The van der Waals surface area contributed by atoms with Crippen LogP contribution < -0.4 is 9.64 Å². The molecule has 6 heteroatoms. The molecule has 3 heterocycles. The molecule has 0 N–H and O–H groups in total. The summed E-state index contributed by atoms with van der Waals surface area (Å²) < 4.78 is 22.4. The maximum absolute atomic E-state index is 14.2. The first-order chi connectivity index (χ1) is 14.0. The summed E-state index contributed by atoms with van der Waals surface area (Å²) in [7, 11) is 0. The van der Waals surface area contributed by atoms with Crippen LogP contribution in [0.2, 0.25) is 0 Å². The summed E-state index contributed by atoms with van der Waals surface area (Å²) in [5.74, 6) is 1.30. The molecule has 150 valence electrons. The summed E-state index contributed by atoms with van der Waals surface area (Å²) in [5, 5.41) is 0. The quantitative estimate of drug-likeness (QED) is 0.600. The Kier molecular flexibility index (Phi) is 4.12. The van der Waals surface area contributed by atoms with Gasteiger partial charge in [-0.1, -0.05) is 0 Å². The molecule has 1 aliphatic heterocycles. The molecule has 5 rings (SSSR count). The second-order valence-electron chi connectivity index (χ2n) is 8.05. The van der Waals surface area contributed by atoms with Crippen molar-refractivity contribution in [2.24, 2.45) is 0 Å². The number of Topliss-reactive ketones (excluding diaryl/α,β-unsaturated/α-hetero) is 1. The first kappa shape index (κ1) is 18.2. The second kappa shape index (κ2) is 6.58. The molecule has 0 radical (unpaired) electrons. The summed E-state index contributed by atoms with van der Waals surface area (Å²) in [6, 6.07) is 8.57. The fraction of sp³-hybridized carbons (Fsp3) is 0.391. The lowest BCUT2D eigenvalue weighted by molar-refractivity contribution is 0.0959. The Morgan fingerprint density at radius 2 is 2.03 bits per heavy atom. The number of rotatable bonds is 1. The lowest BCUT2D eigenvalue weighted by Gasteiger charge is -2.34. The van der Waals surface area contributed by atoms with Gasteiger partial charge in [-0.3, -0.25) is 4.79 Å². The molecule has 0 amide bonds. The Balaban J connectivity index is 1.72. The van der Waals surface area contributed by atoms with E-state index in [0.29, 0.717) is 29.8 Å². The highest BCUT2D eigenvalue weighted by molar-refractivity contribution is 6.01. The molecule has 0 saturated heterocycles. The van der Waals surface area contributed by atoms with E-state index in [1.54, 1.807) is 12.1 Å². The van der Waals surface area contributed by atoms with Gasteiger partial charge in [-0.25, -0.2) is 9.37 Å². The normalized spacial score (nSPS) is 20.7. The van der Waals surface area contributed by atoms with Gasteiger partial charge in [0.2, 0.25) is 0 Å². The standard InChI is InChI=1S/C23H24FN3O2/c1-3-27-21-9-13-26-12-8-17(22(26)25-21)19(28)6-4-15(2)29-20-7-5-16(24)14-18(20)23(27)10-11-23/h5,7-9,12-15H,3-4,6,10-11H2,1-2H3/t15-/m0/s1.